The van der Waals surface area contributed by atoms with Gasteiger partial charge >= 0.3 is 0 Å². The molecule has 1 heterocycles. The first kappa shape index (κ1) is 13.2. The van der Waals surface area contributed by atoms with Crippen molar-refractivity contribution < 1.29 is 9.59 Å². The summed E-state index contributed by atoms with van der Waals surface area (Å²) in [7, 11) is 0. The average molecular weight is 371 g/mol. The van der Waals surface area contributed by atoms with Crippen LogP contribution in [0.5, 0.6) is 0 Å². The van der Waals surface area contributed by atoms with Gasteiger partial charge < -0.3 is 5.32 Å². The van der Waals surface area contributed by atoms with E-state index in [1.165, 1.54) is 11.3 Å². The SMILES string of the molecule is O=C(CI)Nc1sccc1C(=O)c1ccccc1. The predicted molar refractivity (Wildman–Crippen MR) is 81.7 cm³/mol. The highest BCUT2D eigenvalue weighted by Gasteiger charge is 2.15. The van der Waals surface area contributed by atoms with Crippen molar-refractivity contribution in [3.63, 3.8) is 0 Å². The molecule has 0 aliphatic carbocycles. The highest BCUT2D eigenvalue weighted by atomic mass is 127. The lowest BCUT2D eigenvalue weighted by Gasteiger charge is -2.04. The van der Waals surface area contributed by atoms with E-state index in [1.54, 1.807) is 23.6 Å². The van der Waals surface area contributed by atoms with Gasteiger partial charge in [-0.2, -0.15) is 0 Å². The van der Waals surface area contributed by atoms with Crippen LogP contribution in [-0.2, 0) is 4.79 Å². The molecule has 1 aromatic carbocycles. The van der Waals surface area contributed by atoms with Gasteiger partial charge in [0.25, 0.3) is 0 Å². The molecule has 0 saturated carbocycles. The zero-order chi connectivity index (χ0) is 13.0. The number of hydrogen-bond acceptors (Lipinski definition) is 3. The molecule has 1 N–H and O–H groups in total. The second-order valence-corrected chi connectivity index (χ2v) is 5.22. The summed E-state index contributed by atoms with van der Waals surface area (Å²) in [6, 6.07) is 10.8. The van der Waals surface area contributed by atoms with Gasteiger partial charge in [-0.15, -0.1) is 11.3 Å². The number of carbonyl (C=O) groups excluding carboxylic acids is 2. The first-order chi connectivity index (χ1) is 8.72. The molecule has 0 radical (unpaired) electrons. The third kappa shape index (κ3) is 2.97. The minimum atomic E-state index is -0.0971. The molecular weight excluding hydrogens is 361 g/mol. The van der Waals surface area contributed by atoms with Crippen LogP contribution in [0.1, 0.15) is 15.9 Å². The van der Waals surface area contributed by atoms with Crippen molar-refractivity contribution in [3.8, 4) is 0 Å². The van der Waals surface area contributed by atoms with Crippen molar-refractivity contribution in [2.75, 3.05) is 9.74 Å². The van der Waals surface area contributed by atoms with Crippen LogP contribution < -0.4 is 5.32 Å². The Bertz CT molecular complexity index is 565. The van der Waals surface area contributed by atoms with E-state index in [1.807, 2.05) is 40.8 Å². The van der Waals surface area contributed by atoms with E-state index in [4.69, 9.17) is 0 Å². The highest BCUT2D eigenvalue weighted by Crippen LogP contribution is 2.25. The maximum Gasteiger partial charge on any atom is 0.234 e. The minimum Gasteiger partial charge on any atom is -0.316 e. The number of nitrogens with one attached hydrogen (secondary N) is 1. The Balaban J connectivity index is 2.27. The van der Waals surface area contributed by atoms with Gasteiger partial charge in [-0.05, 0) is 11.4 Å². The van der Waals surface area contributed by atoms with E-state index in [0.29, 0.717) is 20.6 Å². The Morgan fingerprint density at radius 2 is 1.89 bits per heavy atom. The Morgan fingerprint density at radius 1 is 1.17 bits per heavy atom. The second kappa shape index (κ2) is 6.10. The average Bonchev–Trinajstić information content (AvgIpc) is 2.86. The molecule has 0 atom stereocenters. The standard InChI is InChI=1S/C13H10INO2S/c14-8-11(16)15-13-10(6-7-18-13)12(17)9-4-2-1-3-5-9/h1-7H,8H2,(H,15,16). The van der Waals surface area contributed by atoms with Gasteiger partial charge in [0.15, 0.2) is 5.78 Å². The van der Waals surface area contributed by atoms with E-state index < -0.39 is 0 Å². The minimum absolute atomic E-state index is 0.0689. The number of benzene rings is 1. The third-order valence-electron chi connectivity index (χ3n) is 2.32. The van der Waals surface area contributed by atoms with Gasteiger partial charge in [0.05, 0.1) is 9.99 Å². The molecule has 0 aliphatic rings. The normalized spacial score (nSPS) is 10.1. The van der Waals surface area contributed by atoms with Crippen molar-refractivity contribution >= 4 is 50.6 Å². The topological polar surface area (TPSA) is 46.2 Å². The summed E-state index contributed by atoms with van der Waals surface area (Å²) in [6.07, 6.45) is 0. The first-order valence-corrected chi connectivity index (χ1v) is 7.66. The molecule has 3 nitrogen and oxygen atoms in total. The molecule has 0 spiro atoms. The molecule has 0 unspecified atom stereocenters. The summed E-state index contributed by atoms with van der Waals surface area (Å²) in [5.74, 6) is -0.166. The van der Waals surface area contributed by atoms with E-state index in [0.717, 1.165) is 0 Å². The summed E-state index contributed by atoms with van der Waals surface area (Å²) in [6.45, 7) is 0. The second-order valence-electron chi connectivity index (χ2n) is 3.54. The monoisotopic (exact) mass is 371 g/mol. The fourth-order valence-electron chi connectivity index (χ4n) is 1.49. The molecule has 0 bridgehead atoms. The largest absolute Gasteiger partial charge is 0.316 e. The first-order valence-electron chi connectivity index (χ1n) is 5.25. The molecule has 0 fully saturated rings. The van der Waals surface area contributed by atoms with Gasteiger partial charge in [0, 0.05) is 5.56 Å². The quantitative estimate of drug-likeness (QED) is 0.509. The zero-order valence-corrected chi connectivity index (χ0v) is 12.3. The lowest BCUT2D eigenvalue weighted by Crippen LogP contribution is -2.13. The summed E-state index contributed by atoms with van der Waals surface area (Å²) >= 11 is 3.35. The molecular formula is C13H10INO2S. The van der Waals surface area contributed by atoms with Crippen LogP contribution in [0.4, 0.5) is 5.00 Å². The van der Waals surface area contributed by atoms with Crippen LogP contribution in [0.25, 0.3) is 0 Å². The number of thiophene rings is 1. The van der Waals surface area contributed by atoms with E-state index in [-0.39, 0.29) is 11.7 Å². The molecule has 0 aliphatic heterocycles. The van der Waals surface area contributed by atoms with Crippen molar-refractivity contribution in [2.24, 2.45) is 0 Å². The van der Waals surface area contributed by atoms with Crippen LogP contribution >= 0.6 is 33.9 Å². The number of alkyl halides is 1. The number of amides is 1. The molecule has 0 saturated heterocycles. The molecule has 5 heteroatoms. The number of rotatable bonds is 4. The van der Waals surface area contributed by atoms with Gasteiger partial charge in [-0.25, -0.2) is 0 Å². The Kier molecular flexibility index (Phi) is 4.48. The molecule has 1 aromatic heterocycles. The fourth-order valence-corrected chi connectivity index (χ4v) is 2.48. The number of ketones is 1. The fraction of sp³-hybridized carbons (Fsp3) is 0.0769. The lowest BCUT2D eigenvalue weighted by molar-refractivity contribution is -0.113. The van der Waals surface area contributed by atoms with Gasteiger partial charge in [-0.1, -0.05) is 52.9 Å². The van der Waals surface area contributed by atoms with Gasteiger partial charge in [-0.3, -0.25) is 9.59 Å². The zero-order valence-electron chi connectivity index (χ0n) is 9.35. The van der Waals surface area contributed by atoms with Crippen LogP contribution in [0.15, 0.2) is 41.8 Å². The predicted octanol–water partition coefficient (Wildman–Crippen LogP) is 3.35. The molecule has 18 heavy (non-hydrogen) atoms. The summed E-state index contributed by atoms with van der Waals surface area (Å²) in [5, 5.41) is 5.16. The molecule has 92 valence electrons. The van der Waals surface area contributed by atoms with Gasteiger partial charge in [0.2, 0.25) is 5.91 Å². The van der Waals surface area contributed by atoms with Gasteiger partial charge in [0.1, 0.15) is 5.00 Å². The van der Waals surface area contributed by atoms with Crippen LogP contribution in [-0.4, -0.2) is 16.1 Å². The van der Waals surface area contributed by atoms with Crippen LogP contribution in [0, 0.1) is 0 Å². The van der Waals surface area contributed by atoms with E-state index in [9.17, 15) is 9.59 Å². The van der Waals surface area contributed by atoms with Crippen molar-refractivity contribution in [2.45, 2.75) is 0 Å². The molecule has 1 amide bonds. The summed E-state index contributed by atoms with van der Waals surface area (Å²) < 4.78 is 0.370. The van der Waals surface area contributed by atoms with E-state index in [2.05, 4.69) is 5.32 Å². The third-order valence-corrected chi connectivity index (χ3v) is 3.84. The maximum absolute atomic E-state index is 12.3. The Labute approximate surface area is 122 Å². The van der Waals surface area contributed by atoms with E-state index >= 15 is 0 Å². The smallest absolute Gasteiger partial charge is 0.234 e. The number of anilines is 1. The van der Waals surface area contributed by atoms with Crippen molar-refractivity contribution in [1.29, 1.82) is 0 Å². The van der Waals surface area contributed by atoms with Crippen molar-refractivity contribution in [3.05, 3.63) is 52.9 Å². The van der Waals surface area contributed by atoms with Crippen molar-refractivity contribution in [1.82, 2.24) is 0 Å². The Hall–Kier alpha value is -1.21. The lowest BCUT2D eigenvalue weighted by atomic mass is 10.1. The summed E-state index contributed by atoms with van der Waals surface area (Å²) in [4.78, 5) is 23.6. The number of carbonyl (C=O) groups is 2. The number of halogens is 1. The van der Waals surface area contributed by atoms with Crippen LogP contribution in [0.2, 0.25) is 0 Å². The highest BCUT2D eigenvalue weighted by molar-refractivity contribution is 14.1. The summed E-state index contributed by atoms with van der Waals surface area (Å²) in [5.41, 5.74) is 1.17. The molecule has 2 aromatic rings. The Morgan fingerprint density at radius 3 is 2.56 bits per heavy atom. The number of hydrogen-bond donors (Lipinski definition) is 1. The molecule has 2 rings (SSSR count). The maximum atomic E-state index is 12.3. The van der Waals surface area contributed by atoms with Crippen LogP contribution in [0.3, 0.4) is 0 Å².